The van der Waals surface area contributed by atoms with Crippen molar-refractivity contribution in [2.75, 3.05) is 5.75 Å². The van der Waals surface area contributed by atoms with E-state index in [0.29, 0.717) is 5.56 Å². The van der Waals surface area contributed by atoms with Crippen LogP contribution in [0.1, 0.15) is 31.1 Å². The Kier molecular flexibility index (Phi) is 4.44. The van der Waals surface area contributed by atoms with Gasteiger partial charge in [0.2, 0.25) is 0 Å². The zero-order valence-electron chi connectivity index (χ0n) is 9.62. The van der Waals surface area contributed by atoms with Crippen molar-refractivity contribution in [1.82, 2.24) is 0 Å². The quantitative estimate of drug-likeness (QED) is 0.804. The van der Waals surface area contributed by atoms with Crippen LogP contribution in [0, 0.1) is 0 Å². The number of hydrogen-bond donors (Lipinski definition) is 0. The van der Waals surface area contributed by atoms with Crippen LogP contribution in [0.4, 0.5) is 0 Å². The summed E-state index contributed by atoms with van der Waals surface area (Å²) >= 11 is 3.32. The number of benzene rings is 1. The molecule has 0 saturated heterocycles. The molecule has 0 bridgehead atoms. The largest absolute Gasteiger partial charge is 0.293 e. The minimum atomic E-state index is -1.15. The van der Waals surface area contributed by atoms with Gasteiger partial charge in [-0.05, 0) is 26.8 Å². The van der Waals surface area contributed by atoms with Crippen LogP contribution in [0.5, 0.6) is 0 Å². The lowest BCUT2D eigenvalue weighted by molar-refractivity contribution is 0.102. The Morgan fingerprint density at radius 2 is 1.88 bits per heavy atom. The van der Waals surface area contributed by atoms with E-state index >= 15 is 0 Å². The molecule has 0 radical (unpaired) electrons. The second kappa shape index (κ2) is 5.23. The van der Waals surface area contributed by atoms with E-state index < -0.39 is 10.8 Å². The molecule has 2 nitrogen and oxygen atoms in total. The number of carbonyl (C=O) groups is 1. The van der Waals surface area contributed by atoms with Gasteiger partial charge < -0.3 is 0 Å². The van der Waals surface area contributed by atoms with E-state index in [9.17, 15) is 9.00 Å². The van der Waals surface area contributed by atoms with Gasteiger partial charge >= 0.3 is 0 Å². The van der Waals surface area contributed by atoms with Gasteiger partial charge in [0, 0.05) is 25.6 Å². The Hall–Kier alpha value is -0.480. The predicted octanol–water partition coefficient (Wildman–Crippen LogP) is 3.18. The fraction of sp³-hybridized carbons (Fsp3) is 0.417. The standard InChI is InChI=1S/C12H15BrO2S/c1-12(2,3)16(15)8-11(14)9-6-4-5-7-10(9)13/h4-7H,8H2,1-3H3. The van der Waals surface area contributed by atoms with Crippen molar-refractivity contribution in [1.29, 1.82) is 0 Å². The lowest BCUT2D eigenvalue weighted by Crippen LogP contribution is -2.27. The average molecular weight is 303 g/mol. The summed E-state index contributed by atoms with van der Waals surface area (Å²) in [5.74, 6) is -0.00715. The van der Waals surface area contributed by atoms with Gasteiger partial charge in [0.1, 0.15) is 0 Å². The zero-order chi connectivity index (χ0) is 12.3. The van der Waals surface area contributed by atoms with Crippen LogP contribution in [-0.4, -0.2) is 20.5 Å². The topological polar surface area (TPSA) is 34.1 Å². The van der Waals surface area contributed by atoms with Crippen molar-refractivity contribution in [2.45, 2.75) is 25.5 Å². The minimum Gasteiger partial charge on any atom is -0.293 e. The Labute approximate surface area is 107 Å². The van der Waals surface area contributed by atoms with Gasteiger partial charge in [-0.2, -0.15) is 0 Å². The predicted molar refractivity (Wildman–Crippen MR) is 71.2 cm³/mol. The lowest BCUT2D eigenvalue weighted by Gasteiger charge is -2.17. The molecule has 0 spiro atoms. The molecule has 0 saturated carbocycles. The monoisotopic (exact) mass is 302 g/mol. The summed E-state index contributed by atoms with van der Waals surface area (Å²) in [5, 5.41) is 0. The van der Waals surface area contributed by atoms with Gasteiger partial charge in [-0.1, -0.05) is 34.1 Å². The van der Waals surface area contributed by atoms with Gasteiger partial charge in [0.25, 0.3) is 0 Å². The molecule has 0 aliphatic heterocycles. The maximum absolute atomic E-state index is 11.9. The van der Waals surface area contributed by atoms with Gasteiger partial charge in [-0.25, -0.2) is 0 Å². The summed E-state index contributed by atoms with van der Waals surface area (Å²) in [6.45, 7) is 5.61. The van der Waals surface area contributed by atoms with Crippen LogP contribution in [-0.2, 0) is 10.8 Å². The summed E-state index contributed by atoms with van der Waals surface area (Å²) in [7, 11) is -1.15. The highest BCUT2D eigenvalue weighted by molar-refractivity contribution is 9.10. The van der Waals surface area contributed by atoms with Gasteiger partial charge in [-0.3, -0.25) is 9.00 Å². The maximum atomic E-state index is 11.9. The zero-order valence-corrected chi connectivity index (χ0v) is 12.0. The van der Waals surface area contributed by atoms with Crippen LogP contribution < -0.4 is 0 Å². The van der Waals surface area contributed by atoms with E-state index in [0.717, 1.165) is 4.47 Å². The number of carbonyl (C=O) groups excluding carboxylic acids is 1. The molecule has 0 fully saturated rings. The lowest BCUT2D eigenvalue weighted by atomic mass is 10.1. The summed E-state index contributed by atoms with van der Waals surface area (Å²) in [4.78, 5) is 11.9. The first-order valence-electron chi connectivity index (χ1n) is 4.98. The van der Waals surface area contributed by atoms with E-state index in [1.54, 1.807) is 12.1 Å². The van der Waals surface area contributed by atoms with Gasteiger partial charge in [0.15, 0.2) is 5.78 Å². The number of rotatable bonds is 3. The molecule has 16 heavy (non-hydrogen) atoms. The highest BCUT2D eigenvalue weighted by atomic mass is 79.9. The molecule has 0 aromatic heterocycles. The first-order valence-corrected chi connectivity index (χ1v) is 7.10. The molecular weight excluding hydrogens is 288 g/mol. The third-order valence-electron chi connectivity index (χ3n) is 2.12. The molecule has 1 aromatic carbocycles. The molecular formula is C12H15BrO2S. The van der Waals surface area contributed by atoms with Gasteiger partial charge in [-0.15, -0.1) is 0 Å². The SMILES string of the molecule is CC(C)(C)S(=O)CC(=O)c1ccccc1Br. The normalized spacial score (nSPS) is 13.5. The Morgan fingerprint density at radius 3 is 2.38 bits per heavy atom. The summed E-state index contributed by atoms with van der Waals surface area (Å²) in [6.07, 6.45) is 0. The van der Waals surface area contributed by atoms with E-state index in [4.69, 9.17) is 0 Å². The van der Waals surface area contributed by atoms with Crippen molar-refractivity contribution in [3.05, 3.63) is 34.3 Å². The molecule has 0 amide bonds. The number of hydrogen-bond acceptors (Lipinski definition) is 2. The van der Waals surface area contributed by atoms with Crippen LogP contribution >= 0.6 is 15.9 Å². The second-order valence-corrected chi connectivity index (χ2v) is 7.56. The first kappa shape index (κ1) is 13.6. The highest BCUT2D eigenvalue weighted by Crippen LogP contribution is 2.19. The second-order valence-electron chi connectivity index (χ2n) is 4.51. The van der Waals surface area contributed by atoms with Crippen molar-refractivity contribution >= 4 is 32.5 Å². The number of Topliss-reactive ketones (excluding diaryl/α,β-unsaturated/α-hetero) is 1. The number of halogens is 1. The fourth-order valence-corrected chi connectivity index (χ4v) is 2.43. The van der Waals surface area contributed by atoms with Crippen LogP contribution in [0.15, 0.2) is 28.7 Å². The summed E-state index contributed by atoms with van der Waals surface area (Å²) < 4.78 is 12.2. The van der Waals surface area contributed by atoms with Crippen molar-refractivity contribution in [3.8, 4) is 0 Å². The number of ketones is 1. The smallest absolute Gasteiger partial charge is 0.176 e. The molecule has 1 rings (SSSR count). The Bertz CT molecular complexity index is 421. The molecule has 88 valence electrons. The van der Waals surface area contributed by atoms with Crippen LogP contribution in [0.2, 0.25) is 0 Å². The molecule has 0 N–H and O–H groups in total. The van der Waals surface area contributed by atoms with Crippen molar-refractivity contribution < 1.29 is 9.00 Å². The van der Waals surface area contributed by atoms with E-state index in [1.165, 1.54) is 0 Å². The van der Waals surface area contributed by atoms with E-state index in [-0.39, 0.29) is 16.3 Å². The van der Waals surface area contributed by atoms with E-state index in [1.807, 2.05) is 32.9 Å². The summed E-state index contributed by atoms with van der Waals surface area (Å²) in [5.41, 5.74) is 0.597. The highest BCUT2D eigenvalue weighted by Gasteiger charge is 2.23. The molecule has 1 unspecified atom stereocenters. The molecule has 4 heteroatoms. The Balaban J connectivity index is 2.82. The van der Waals surface area contributed by atoms with Crippen molar-refractivity contribution in [3.63, 3.8) is 0 Å². The third kappa shape index (κ3) is 3.52. The Morgan fingerprint density at radius 1 is 1.31 bits per heavy atom. The summed E-state index contributed by atoms with van der Waals surface area (Å²) in [6, 6.07) is 7.21. The minimum absolute atomic E-state index is 0.0755. The average Bonchev–Trinajstić information content (AvgIpc) is 2.16. The van der Waals surface area contributed by atoms with Gasteiger partial charge in [0.05, 0.1) is 5.75 Å². The fourth-order valence-electron chi connectivity index (χ4n) is 1.10. The molecule has 0 heterocycles. The third-order valence-corrected chi connectivity index (χ3v) is 4.70. The molecule has 1 atom stereocenters. The van der Waals surface area contributed by atoms with Crippen LogP contribution in [0.25, 0.3) is 0 Å². The maximum Gasteiger partial charge on any atom is 0.176 e. The molecule has 1 aromatic rings. The van der Waals surface area contributed by atoms with Crippen molar-refractivity contribution in [2.24, 2.45) is 0 Å². The van der Waals surface area contributed by atoms with E-state index in [2.05, 4.69) is 15.9 Å². The van der Waals surface area contributed by atoms with Crippen LogP contribution in [0.3, 0.4) is 0 Å². The molecule has 0 aliphatic carbocycles. The first-order chi connectivity index (χ1) is 7.32. The molecule has 0 aliphatic rings.